The van der Waals surface area contributed by atoms with Gasteiger partial charge in [0.25, 0.3) is 5.91 Å². The number of hydrazone groups is 1. The average Bonchev–Trinajstić information content (AvgIpc) is 2.79. The molecule has 0 spiro atoms. The Morgan fingerprint density at radius 1 is 1.03 bits per heavy atom. The van der Waals surface area contributed by atoms with Gasteiger partial charge in [-0.2, -0.15) is 9.41 Å². The van der Waals surface area contributed by atoms with Crippen LogP contribution < -0.4 is 14.9 Å². The number of sulfonamides is 1. The fourth-order valence-electron chi connectivity index (χ4n) is 3.19. The third-order valence-corrected chi connectivity index (χ3v) is 6.70. The number of amides is 1. The van der Waals surface area contributed by atoms with E-state index in [-0.39, 0.29) is 10.5 Å². The highest BCUT2D eigenvalue weighted by molar-refractivity contribution is 7.89. The Bertz CT molecular complexity index is 1010. The predicted octanol–water partition coefficient (Wildman–Crippen LogP) is 2.64. The molecule has 1 fully saturated rings. The van der Waals surface area contributed by atoms with Gasteiger partial charge in [0, 0.05) is 30.3 Å². The molecule has 1 N–H and O–H groups in total. The minimum atomic E-state index is -3.61. The number of nitrogens with zero attached hydrogens (tertiary/aromatic N) is 2. The Morgan fingerprint density at radius 3 is 2.33 bits per heavy atom. The van der Waals surface area contributed by atoms with Crippen LogP contribution in [0.2, 0.25) is 0 Å². The van der Waals surface area contributed by atoms with Gasteiger partial charge >= 0.3 is 0 Å². The van der Waals surface area contributed by atoms with Crippen LogP contribution in [0, 0.1) is 0 Å². The van der Waals surface area contributed by atoms with Crippen molar-refractivity contribution in [2.45, 2.75) is 24.2 Å². The van der Waals surface area contributed by atoms with Crippen LogP contribution >= 0.6 is 0 Å². The van der Waals surface area contributed by atoms with Gasteiger partial charge in [-0.3, -0.25) is 4.79 Å². The predicted molar refractivity (Wildman–Crippen MR) is 114 cm³/mol. The maximum atomic E-state index is 12.8. The van der Waals surface area contributed by atoms with Gasteiger partial charge in [-0.05, 0) is 43.2 Å². The second-order valence-electron chi connectivity index (χ2n) is 6.84. The van der Waals surface area contributed by atoms with E-state index in [1.807, 2.05) is 0 Å². The minimum Gasteiger partial charge on any atom is -0.497 e. The summed E-state index contributed by atoms with van der Waals surface area (Å²) in [6.07, 6.45) is 4.19. The maximum absolute atomic E-state index is 12.8. The molecule has 0 unspecified atom stereocenters. The van der Waals surface area contributed by atoms with Gasteiger partial charge in [-0.25, -0.2) is 13.8 Å². The first-order chi connectivity index (χ1) is 14.4. The molecule has 0 radical (unpaired) electrons. The first kappa shape index (κ1) is 21.8. The smallest absolute Gasteiger partial charge is 0.271 e. The molecule has 1 aliphatic heterocycles. The third kappa shape index (κ3) is 5.17. The molecule has 0 aromatic heterocycles. The van der Waals surface area contributed by atoms with Crippen molar-refractivity contribution in [3.8, 4) is 11.5 Å². The lowest BCUT2D eigenvalue weighted by molar-refractivity contribution is 0.0955. The molecule has 3 rings (SSSR count). The van der Waals surface area contributed by atoms with Gasteiger partial charge in [0.05, 0.1) is 25.3 Å². The molecule has 160 valence electrons. The average molecular weight is 432 g/mol. The standard InChI is InChI=1S/C21H25N3O5S/c1-28-18-11-16(12-19(14-18)29-2)15-22-23-21(25)17-7-6-8-20(13-17)30(26,27)24-9-4-3-5-10-24/h6-8,11-15H,3-5,9-10H2,1-2H3,(H,23,25)/b22-15+. The van der Waals surface area contributed by atoms with Gasteiger partial charge in [0.2, 0.25) is 10.0 Å². The topological polar surface area (TPSA) is 97.3 Å². The van der Waals surface area contributed by atoms with Crippen LogP contribution in [0.25, 0.3) is 0 Å². The van der Waals surface area contributed by atoms with Gasteiger partial charge < -0.3 is 9.47 Å². The summed E-state index contributed by atoms with van der Waals surface area (Å²) in [5, 5.41) is 3.95. The lowest BCUT2D eigenvalue weighted by Gasteiger charge is -2.25. The largest absolute Gasteiger partial charge is 0.497 e. The van der Waals surface area contributed by atoms with Crippen LogP contribution in [0.3, 0.4) is 0 Å². The van der Waals surface area contributed by atoms with Crippen LogP contribution in [-0.4, -0.2) is 52.2 Å². The zero-order chi connectivity index (χ0) is 21.6. The number of carbonyl (C=O) groups is 1. The van der Waals surface area contributed by atoms with Crippen molar-refractivity contribution in [2.24, 2.45) is 5.10 Å². The lowest BCUT2D eigenvalue weighted by atomic mass is 10.2. The fourth-order valence-corrected chi connectivity index (χ4v) is 4.75. The molecular weight excluding hydrogens is 406 g/mol. The van der Waals surface area contributed by atoms with E-state index in [9.17, 15) is 13.2 Å². The highest BCUT2D eigenvalue weighted by atomic mass is 32.2. The van der Waals surface area contributed by atoms with Crippen molar-refractivity contribution in [3.05, 3.63) is 53.6 Å². The molecule has 8 nitrogen and oxygen atoms in total. The van der Waals surface area contributed by atoms with Crippen LogP contribution in [0.4, 0.5) is 0 Å². The Kier molecular flexibility index (Phi) is 7.07. The van der Waals surface area contributed by atoms with E-state index in [0.717, 1.165) is 19.3 Å². The maximum Gasteiger partial charge on any atom is 0.271 e. The molecule has 1 amide bonds. The van der Waals surface area contributed by atoms with E-state index in [0.29, 0.717) is 30.2 Å². The van der Waals surface area contributed by atoms with Crippen molar-refractivity contribution in [2.75, 3.05) is 27.3 Å². The highest BCUT2D eigenvalue weighted by Gasteiger charge is 2.26. The molecule has 1 heterocycles. The summed E-state index contributed by atoms with van der Waals surface area (Å²) in [7, 11) is -0.522. The number of nitrogens with one attached hydrogen (secondary N) is 1. The SMILES string of the molecule is COc1cc(/C=N/NC(=O)c2cccc(S(=O)(=O)N3CCCCC3)c2)cc(OC)c1. The van der Waals surface area contributed by atoms with Gasteiger partial charge in [-0.1, -0.05) is 12.5 Å². The Balaban J connectivity index is 1.72. The van der Waals surface area contributed by atoms with E-state index in [2.05, 4.69) is 10.5 Å². The normalized spacial score (nSPS) is 15.1. The number of hydrogen-bond acceptors (Lipinski definition) is 6. The summed E-state index contributed by atoms with van der Waals surface area (Å²) in [5.74, 6) is 0.687. The molecule has 1 aliphatic rings. The van der Waals surface area contributed by atoms with E-state index in [1.54, 1.807) is 44.6 Å². The van der Waals surface area contributed by atoms with Gasteiger partial charge in [-0.15, -0.1) is 0 Å². The van der Waals surface area contributed by atoms with Crippen molar-refractivity contribution in [1.82, 2.24) is 9.73 Å². The minimum absolute atomic E-state index is 0.110. The van der Waals surface area contributed by atoms with Crippen molar-refractivity contribution < 1.29 is 22.7 Å². The molecule has 0 aliphatic carbocycles. The van der Waals surface area contributed by atoms with Crippen LogP contribution in [0.1, 0.15) is 35.2 Å². The van der Waals surface area contributed by atoms with Crippen molar-refractivity contribution in [1.29, 1.82) is 0 Å². The number of piperidine rings is 1. The Morgan fingerprint density at radius 2 is 1.70 bits per heavy atom. The second-order valence-corrected chi connectivity index (χ2v) is 8.78. The van der Waals surface area contributed by atoms with Gasteiger partial charge in [0.15, 0.2) is 0 Å². The highest BCUT2D eigenvalue weighted by Crippen LogP contribution is 2.22. The molecule has 0 saturated carbocycles. The van der Waals surface area contributed by atoms with Crippen LogP contribution in [0.15, 0.2) is 52.5 Å². The summed E-state index contributed by atoms with van der Waals surface area (Å²) in [4.78, 5) is 12.6. The zero-order valence-electron chi connectivity index (χ0n) is 17.0. The van der Waals surface area contributed by atoms with E-state index >= 15 is 0 Å². The molecule has 9 heteroatoms. The number of rotatable bonds is 7. The number of hydrogen-bond donors (Lipinski definition) is 1. The van der Waals surface area contributed by atoms with E-state index in [1.165, 1.54) is 22.7 Å². The zero-order valence-corrected chi connectivity index (χ0v) is 17.8. The quantitative estimate of drug-likeness (QED) is 0.537. The van der Waals surface area contributed by atoms with Crippen molar-refractivity contribution >= 4 is 22.1 Å². The first-order valence-electron chi connectivity index (χ1n) is 9.61. The van der Waals surface area contributed by atoms with Crippen molar-refractivity contribution in [3.63, 3.8) is 0 Å². The molecule has 0 bridgehead atoms. The summed E-state index contributed by atoms with van der Waals surface area (Å²) in [6.45, 7) is 1.01. The summed E-state index contributed by atoms with van der Waals surface area (Å²) >= 11 is 0. The third-order valence-electron chi connectivity index (χ3n) is 4.80. The fraction of sp³-hybridized carbons (Fsp3) is 0.333. The number of ether oxygens (including phenoxy) is 2. The molecule has 30 heavy (non-hydrogen) atoms. The molecule has 2 aromatic carbocycles. The summed E-state index contributed by atoms with van der Waals surface area (Å²) in [5.41, 5.74) is 3.31. The molecule has 1 saturated heterocycles. The number of methoxy groups -OCH3 is 2. The monoisotopic (exact) mass is 431 g/mol. The van der Waals surface area contributed by atoms with Crippen LogP contribution in [-0.2, 0) is 10.0 Å². The second kappa shape index (κ2) is 9.73. The first-order valence-corrected chi connectivity index (χ1v) is 11.0. The molecular formula is C21H25N3O5S. The van der Waals surface area contributed by atoms with Gasteiger partial charge in [0.1, 0.15) is 11.5 Å². The summed E-state index contributed by atoms with van der Waals surface area (Å²) in [6, 6.07) is 11.2. The Hall–Kier alpha value is -2.91. The number of carbonyl (C=O) groups excluding carboxylic acids is 1. The van der Waals surface area contributed by atoms with E-state index < -0.39 is 15.9 Å². The summed E-state index contributed by atoms with van der Waals surface area (Å²) < 4.78 is 37.5. The molecule has 0 atom stereocenters. The Labute approximate surface area is 176 Å². The van der Waals surface area contributed by atoms with E-state index in [4.69, 9.17) is 9.47 Å². The van der Waals surface area contributed by atoms with Crippen LogP contribution in [0.5, 0.6) is 11.5 Å². The molecule has 2 aromatic rings. The number of benzene rings is 2. The lowest BCUT2D eigenvalue weighted by Crippen LogP contribution is -2.35.